The van der Waals surface area contributed by atoms with E-state index in [-0.39, 0.29) is 30.7 Å². The van der Waals surface area contributed by atoms with Gasteiger partial charge in [0.25, 0.3) is 0 Å². The van der Waals surface area contributed by atoms with Gasteiger partial charge in [-0.25, -0.2) is 0 Å². The number of likely N-dealkylation sites (N-methyl/N-ethyl adjacent to an activating group) is 1. The lowest BCUT2D eigenvalue weighted by atomic mass is 10.1. The van der Waals surface area contributed by atoms with Gasteiger partial charge in [-0.3, -0.25) is 19.4 Å². The summed E-state index contributed by atoms with van der Waals surface area (Å²) >= 11 is 0. The summed E-state index contributed by atoms with van der Waals surface area (Å²) in [7, 11) is 1.79. The molecule has 1 aliphatic rings. The average molecular weight is 463 g/mol. The van der Waals surface area contributed by atoms with Crippen molar-refractivity contribution in [1.29, 1.82) is 0 Å². The lowest BCUT2D eigenvalue weighted by Gasteiger charge is -2.35. The lowest BCUT2D eigenvalue weighted by molar-refractivity contribution is -0.137. The summed E-state index contributed by atoms with van der Waals surface area (Å²) in [6.07, 6.45) is -4.53. The molecule has 0 radical (unpaired) electrons. The van der Waals surface area contributed by atoms with Crippen molar-refractivity contribution < 1.29 is 22.8 Å². The van der Waals surface area contributed by atoms with E-state index >= 15 is 0 Å². The van der Waals surface area contributed by atoms with Gasteiger partial charge in [0.1, 0.15) is 0 Å². The number of nitrogens with one attached hydrogen (secondary N) is 1. The third kappa shape index (κ3) is 6.79. The largest absolute Gasteiger partial charge is 0.418 e. The minimum Gasteiger partial charge on any atom is -0.338 e. The van der Waals surface area contributed by atoms with Crippen LogP contribution in [0, 0.1) is 0 Å². The zero-order valence-corrected chi connectivity index (χ0v) is 18.8. The van der Waals surface area contributed by atoms with E-state index in [4.69, 9.17) is 0 Å². The summed E-state index contributed by atoms with van der Waals surface area (Å²) in [4.78, 5) is 30.7. The average Bonchev–Trinajstić information content (AvgIpc) is 2.79. The number of nitrogens with zero attached hydrogens (tertiary/aromatic N) is 3. The van der Waals surface area contributed by atoms with E-state index in [1.165, 1.54) is 18.2 Å². The van der Waals surface area contributed by atoms with E-state index in [0.29, 0.717) is 26.2 Å². The predicted molar refractivity (Wildman–Crippen MR) is 121 cm³/mol. The molecule has 1 heterocycles. The van der Waals surface area contributed by atoms with E-state index in [0.717, 1.165) is 11.6 Å². The predicted octanol–water partition coefficient (Wildman–Crippen LogP) is 3.48. The molecule has 1 fully saturated rings. The number of halogens is 3. The molecule has 3 rings (SSSR count). The van der Waals surface area contributed by atoms with Crippen molar-refractivity contribution in [3.63, 3.8) is 0 Å². The Morgan fingerprint density at radius 2 is 1.48 bits per heavy atom. The van der Waals surface area contributed by atoms with Gasteiger partial charge in [0.15, 0.2) is 0 Å². The molecule has 9 heteroatoms. The number of piperazine rings is 1. The Hall–Kier alpha value is -2.91. The van der Waals surface area contributed by atoms with E-state index in [1.54, 1.807) is 11.9 Å². The van der Waals surface area contributed by atoms with Crippen LogP contribution in [0.1, 0.15) is 24.1 Å². The van der Waals surface area contributed by atoms with E-state index < -0.39 is 17.6 Å². The molecule has 1 atom stereocenters. The maximum absolute atomic E-state index is 13.1. The number of rotatable bonds is 7. The fourth-order valence-corrected chi connectivity index (χ4v) is 3.81. The van der Waals surface area contributed by atoms with Gasteiger partial charge in [-0.15, -0.1) is 0 Å². The Labute approximate surface area is 192 Å². The van der Waals surface area contributed by atoms with Crippen molar-refractivity contribution in [3.8, 4) is 0 Å². The van der Waals surface area contributed by atoms with Crippen LogP contribution in [0.5, 0.6) is 0 Å². The molecular formula is C24H29F3N4O2. The monoisotopic (exact) mass is 462 g/mol. The quantitative estimate of drug-likeness (QED) is 0.685. The SMILES string of the molecule is C[C@H](c1ccccc1)N(C)C(=O)CN1CCN(CC(=O)Nc2ccccc2C(F)(F)F)CC1. The molecule has 33 heavy (non-hydrogen) atoms. The van der Waals surface area contributed by atoms with Gasteiger partial charge in [0.2, 0.25) is 11.8 Å². The molecule has 0 bridgehead atoms. The van der Waals surface area contributed by atoms with Crippen LogP contribution in [0.25, 0.3) is 0 Å². The number of hydrogen-bond donors (Lipinski definition) is 1. The van der Waals surface area contributed by atoms with Crippen molar-refractivity contribution >= 4 is 17.5 Å². The second-order valence-electron chi connectivity index (χ2n) is 8.24. The number of hydrogen-bond acceptors (Lipinski definition) is 4. The van der Waals surface area contributed by atoms with E-state index in [2.05, 4.69) is 5.32 Å². The molecule has 0 aromatic heterocycles. The van der Waals surface area contributed by atoms with Crippen LogP contribution in [0.4, 0.5) is 18.9 Å². The molecule has 0 spiro atoms. The molecule has 0 saturated carbocycles. The number of amides is 2. The number of benzene rings is 2. The first-order valence-electron chi connectivity index (χ1n) is 10.9. The molecule has 1 aliphatic heterocycles. The molecule has 2 amide bonds. The smallest absolute Gasteiger partial charge is 0.338 e. The zero-order valence-electron chi connectivity index (χ0n) is 18.8. The van der Waals surface area contributed by atoms with Crippen LogP contribution in [0.15, 0.2) is 54.6 Å². The van der Waals surface area contributed by atoms with Crippen molar-refractivity contribution in [3.05, 3.63) is 65.7 Å². The summed E-state index contributed by atoms with van der Waals surface area (Å²) in [5, 5.41) is 2.38. The first-order chi connectivity index (χ1) is 15.6. The molecule has 0 aliphatic carbocycles. The van der Waals surface area contributed by atoms with Crippen LogP contribution in [-0.2, 0) is 15.8 Å². The summed E-state index contributed by atoms with van der Waals surface area (Å²) in [6, 6.07) is 14.7. The van der Waals surface area contributed by atoms with Crippen molar-refractivity contribution in [2.45, 2.75) is 19.1 Å². The van der Waals surface area contributed by atoms with Crippen LogP contribution < -0.4 is 5.32 Å². The van der Waals surface area contributed by atoms with Gasteiger partial charge in [-0.2, -0.15) is 13.2 Å². The standard InChI is InChI=1S/C24H29F3N4O2/c1-18(19-8-4-3-5-9-19)29(2)23(33)17-31-14-12-30(13-15-31)16-22(32)28-21-11-7-6-10-20(21)24(25,26)27/h3-11,18H,12-17H2,1-2H3,(H,28,32)/t18-/m1/s1. The van der Waals surface area contributed by atoms with Gasteiger partial charge in [0, 0.05) is 33.2 Å². The lowest BCUT2D eigenvalue weighted by Crippen LogP contribution is -2.51. The maximum Gasteiger partial charge on any atom is 0.418 e. The number of carbonyl (C=O) groups excluding carboxylic acids is 2. The zero-order chi connectivity index (χ0) is 24.0. The highest BCUT2D eigenvalue weighted by Gasteiger charge is 2.33. The fraction of sp³-hybridized carbons (Fsp3) is 0.417. The van der Waals surface area contributed by atoms with E-state index in [9.17, 15) is 22.8 Å². The Bertz CT molecular complexity index is 944. The number of carbonyl (C=O) groups is 2. The third-order valence-electron chi connectivity index (χ3n) is 5.95. The number of alkyl halides is 3. The van der Waals surface area contributed by atoms with Crippen LogP contribution in [0.3, 0.4) is 0 Å². The van der Waals surface area contributed by atoms with Gasteiger partial charge < -0.3 is 10.2 Å². The molecule has 0 unspecified atom stereocenters. The normalized spacial score (nSPS) is 16.3. The first kappa shape index (κ1) is 24.7. The number of anilines is 1. The summed E-state index contributed by atoms with van der Waals surface area (Å²) in [6.45, 7) is 4.59. The fourth-order valence-electron chi connectivity index (χ4n) is 3.81. The second kappa shape index (κ2) is 10.8. The van der Waals surface area contributed by atoms with Crippen molar-refractivity contribution in [2.75, 3.05) is 51.6 Å². The van der Waals surface area contributed by atoms with Gasteiger partial charge in [-0.05, 0) is 24.6 Å². The second-order valence-corrected chi connectivity index (χ2v) is 8.24. The third-order valence-corrected chi connectivity index (χ3v) is 5.95. The molecule has 1 N–H and O–H groups in total. The highest BCUT2D eigenvalue weighted by atomic mass is 19.4. The molecule has 6 nitrogen and oxygen atoms in total. The summed E-state index contributed by atoms with van der Waals surface area (Å²) < 4.78 is 39.3. The number of para-hydroxylation sites is 1. The Balaban J connectivity index is 1.45. The summed E-state index contributed by atoms with van der Waals surface area (Å²) in [5.41, 5.74) is -0.0402. The highest BCUT2D eigenvalue weighted by molar-refractivity contribution is 5.93. The van der Waals surface area contributed by atoms with Crippen molar-refractivity contribution in [1.82, 2.24) is 14.7 Å². The Morgan fingerprint density at radius 3 is 2.09 bits per heavy atom. The first-order valence-corrected chi connectivity index (χ1v) is 10.9. The molecule has 2 aromatic rings. The summed E-state index contributed by atoms with van der Waals surface area (Å²) in [5.74, 6) is -0.478. The van der Waals surface area contributed by atoms with Gasteiger partial charge in [0.05, 0.1) is 30.4 Å². The molecular weight excluding hydrogens is 433 g/mol. The Kier molecular flexibility index (Phi) is 8.10. The maximum atomic E-state index is 13.1. The van der Waals surface area contributed by atoms with Gasteiger partial charge >= 0.3 is 6.18 Å². The minimum absolute atomic E-state index is 0.00107. The topological polar surface area (TPSA) is 55.9 Å². The highest BCUT2D eigenvalue weighted by Crippen LogP contribution is 2.34. The van der Waals surface area contributed by atoms with Crippen LogP contribution in [0.2, 0.25) is 0 Å². The van der Waals surface area contributed by atoms with E-state index in [1.807, 2.05) is 47.1 Å². The van der Waals surface area contributed by atoms with Gasteiger partial charge in [-0.1, -0.05) is 42.5 Å². The van der Waals surface area contributed by atoms with Crippen molar-refractivity contribution in [2.24, 2.45) is 0 Å². The van der Waals surface area contributed by atoms with Crippen LogP contribution in [-0.4, -0.2) is 72.8 Å². The molecule has 1 saturated heterocycles. The Morgan fingerprint density at radius 1 is 0.939 bits per heavy atom. The van der Waals surface area contributed by atoms with Crippen LogP contribution >= 0.6 is 0 Å². The molecule has 178 valence electrons. The molecule has 2 aromatic carbocycles. The minimum atomic E-state index is -4.53.